The van der Waals surface area contributed by atoms with E-state index in [0.717, 1.165) is 31.5 Å². The molecule has 2 aromatic carbocycles. The molecular formula is C30H29N3O7S. The summed E-state index contributed by atoms with van der Waals surface area (Å²) in [5.41, 5.74) is 1.99. The Morgan fingerprint density at radius 3 is 2.61 bits per heavy atom. The summed E-state index contributed by atoms with van der Waals surface area (Å²) in [5.74, 6) is 1.19. The standard InChI is InChI=1S/C30H29N3O7S/c1-3-37-29(36)26-18(2)31-30-33(27(26)20-8-11-22-23(15-20)40-17-39-22)28(35)24(41-30)14-19-6-9-21(10-7-19)38-16-25(34)32-12-4-5-13-32/h6-11,14-15,27H,3-5,12-13,16-17H2,1-2H3/b24-14+/t27-/m0/s1. The number of amides is 1. The number of nitrogens with zero attached hydrogens (tertiary/aromatic N) is 3. The quantitative estimate of drug-likeness (QED) is 0.399. The molecule has 212 valence electrons. The fraction of sp³-hybridized carbons (Fsp3) is 0.333. The number of esters is 1. The van der Waals surface area contributed by atoms with E-state index in [9.17, 15) is 14.4 Å². The Bertz CT molecular complexity index is 1720. The van der Waals surface area contributed by atoms with Crippen LogP contribution in [0.4, 0.5) is 0 Å². The molecule has 0 N–H and O–H groups in total. The average molecular weight is 576 g/mol. The van der Waals surface area contributed by atoms with E-state index in [4.69, 9.17) is 18.9 Å². The van der Waals surface area contributed by atoms with E-state index < -0.39 is 12.0 Å². The number of carbonyl (C=O) groups excluding carboxylic acids is 2. The number of allylic oxidation sites excluding steroid dienone is 1. The van der Waals surface area contributed by atoms with E-state index in [2.05, 4.69) is 4.99 Å². The van der Waals surface area contributed by atoms with Crippen LogP contribution in [0.1, 0.15) is 43.9 Å². The summed E-state index contributed by atoms with van der Waals surface area (Å²) in [4.78, 5) is 46.1. The van der Waals surface area contributed by atoms with Crippen molar-refractivity contribution in [3.8, 4) is 17.2 Å². The minimum atomic E-state index is -0.745. The van der Waals surface area contributed by atoms with Crippen molar-refractivity contribution >= 4 is 29.3 Å². The number of likely N-dealkylation sites (tertiary alicyclic amines) is 1. The van der Waals surface area contributed by atoms with Gasteiger partial charge in [0.1, 0.15) is 5.75 Å². The first-order valence-corrected chi connectivity index (χ1v) is 14.3. The number of benzene rings is 2. The number of hydrogen-bond acceptors (Lipinski definition) is 9. The third kappa shape index (κ3) is 5.24. The maximum Gasteiger partial charge on any atom is 0.338 e. The second kappa shape index (κ2) is 11.2. The van der Waals surface area contributed by atoms with Crippen molar-refractivity contribution in [3.05, 3.63) is 84.5 Å². The van der Waals surface area contributed by atoms with E-state index in [1.807, 2.05) is 23.1 Å². The number of hydrogen-bond donors (Lipinski definition) is 0. The van der Waals surface area contributed by atoms with E-state index in [-0.39, 0.29) is 31.5 Å². The zero-order valence-corrected chi connectivity index (χ0v) is 23.6. The van der Waals surface area contributed by atoms with Crippen molar-refractivity contribution in [2.75, 3.05) is 33.1 Å². The molecule has 0 radical (unpaired) electrons. The molecule has 6 rings (SSSR count). The Hall–Kier alpha value is -4.38. The molecule has 1 saturated heterocycles. The average Bonchev–Trinajstić information content (AvgIpc) is 3.73. The molecule has 41 heavy (non-hydrogen) atoms. The van der Waals surface area contributed by atoms with Crippen molar-refractivity contribution in [1.82, 2.24) is 9.47 Å². The van der Waals surface area contributed by atoms with Crippen LogP contribution in [-0.4, -0.2) is 54.4 Å². The van der Waals surface area contributed by atoms with Crippen LogP contribution in [0.3, 0.4) is 0 Å². The Morgan fingerprint density at radius 1 is 1.10 bits per heavy atom. The second-order valence-electron chi connectivity index (χ2n) is 9.86. The number of ether oxygens (including phenoxy) is 4. The first-order chi connectivity index (χ1) is 19.9. The van der Waals surface area contributed by atoms with Gasteiger partial charge in [-0.1, -0.05) is 29.5 Å². The zero-order chi connectivity index (χ0) is 28.5. The lowest BCUT2D eigenvalue weighted by molar-refractivity contribution is -0.139. The minimum Gasteiger partial charge on any atom is -0.484 e. The van der Waals surface area contributed by atoms with E-state index in [1.54, 1.807) is 44.2 Å². The first-order valence-electron chi connectivity index (χ1n) is 13.5. The van der Waals surface area contributed by atoms with Gasteiger partial charge in [0.15, 0.2) is 22.9 Å². The maximum atomic E-state index is 13.8. The van der Waals surface area contributed by atoms with E-state index in [1.165, 1.54) is 15.9 Å². The highest BCUT2D eigenvalue weighted by Crippen LogP contribution is 2.38. The van der Waals surface area contributed by atoms with Gasteiger partial charge in [0.2, 0.25) is 6.79 Å². The SMILES string of the molecule is CCOC(=O)C1=C(C)N=c2s/c(=C/c3ccc(OCC(=O)N4CCCC4)cc3)c(=O)n2[C@H]1c1ccc2c(c1)OCO2. The van der Waals surface area contributed by atoms with Gasteiger partial charge < -0.3 is 23.8 Å². The number of fused-ring (bicyclic) bond motifs is 2. The van der Waals surface area contributed by atoms with Crippen molar-refractivity contribution < 1.29 is 28.5 Å². The predicted octanol–water partition coefficient (Wildman–Crippen LogP) is 2.53. The molecule has 0 saturated carbocycles. The Labute approximate surface area is 239 Å². The van der Waals surface area contributed by atoms with Crippen molar-refractivity contribution in [2.24, 2.45) is 4.99 Å². The van der Waals surface area contributed by atoms with Crippen molar-refractivity contribution in [3.63, 3.8) is 0 Å². The minimum absolute atomic E-state index is 0.0000446. The fourth-order valence-electron chi connectivity index (χ4n) is 5.20. The maximum absolute atomic E-state index is 13.8. The van der Waals surface area contributed by atoms with Gasteiger partial charge in [0.25, 0.3) is 11.5 Å². The number of rotatable bonds is 7. The molecule has 1 aromatic heterocycles. The lowest BCUT2D eigenvalue weighted by atomic mass is 9.95. The van der Waals surface area contributed by atoms with Crippen LogP contribution in [0.2, 0.25) is 0 Å². The zero-order valence-electron chi connectivity index (χ0n) is 22.8. The van der Waals surface area contributed by atoms with Gasteiger partial charge in [-0.3, -0.25) is 14.2 Å². The molecule has 3 aromatic rings. The largest absolute Gasteiger partial charge is 0.484 e. The predicted molar refractivity (Wildman–Crippen MR) is 151 cm³/mol. The van der Waals surface area contributed by atoms with E-state index >= 15 is 0 Å². The summed E-state index contributed by atoms with van der Waals surface area (Å²) in [6.45, 7) is 5.36. The third-order valence-corrected chi connectivity index (χ3v) is 8.21. The van der Waals surface area contributed by atoms with Crippen LogP contribution in [0.25, 0.3) is 6.08 Å². The second-order valence-corrected chi connectivity index (χ2v) is 10.9. The van der Waals surface area contributed by atoms with Crippen LogP contribution in [0.15, 0.2) is 63.5 Å². The van der Waals surface area contributed by atoms with Gasteiger partial charge >= 0.3 is 5.97 Å². The molecule has 3 aliphatic rings. The summed E-state index contributed by atoms with van der Waals surface area (Å²) < 4.78 is 24.1. The molecule has 4 heterocycles. The lowest BCUT2D eigenvalue weighted by Crippen LogP contribution is -2.39. The Kier molecular flexibility index (Phi) is 7.36. The molecule has 0 bridgehead atoms. The molecule has 0 spiro atoms. The molecular weight excluding hydrogens is 546 g/mol. The Morgan fingerprint density at radius 2 is 1.85 bits per heavy atom. The molecule has 1 atom stereocenters. The fourth-order valence-corrected chi connectivity index (χ4v) is 6.25. The van der Waals surface area contributed by atoms with Crippen LogP contribution in [-0.2, 0) is 14.3 Å². The summed E-state index contributed by atoms with van der Waals surface area (Å²) in [7, 11) is 0. The van der Waals surface area contributed by atoms with E-state index in [0.29, 0.717) is 43.4 Å². The van der Waals surface area contributed by atoms with Gasteiger partial charge in [0.05, 0.1) is 28.5 Å². The van der Waals surface area contributed by atoms with Crippen LogP contribution in [0, 0.1) is 0 Å². The summed E-state index contributed by atoms with van der Waals surface area (Å²) in [6.07, 6.45) is 3.85. The van der Waals surface area contributed by atoms with Crippen LogP contribution >= 0.6 is 11.3 Å². The van der Waals surface area contributed by atoms with Gasteiger partial charge in [-0.05, 0) is 68.2 Å². The topological polar surface area (TPSA) is 109 Å². The van der Waals surface area contributed by atoms with Crippen LogP contribution in [0.5, 0.6) is 17.2 Å². The molecule has 3 aliphatic heterocycles. The highest BCUT2D eigenvalue weighted by Gasteiger charge is 2.34. The first kappa shape index (κ1) is 26.8. The molecule has 0 aliphatic carbocycles. The smallest absolute Gasteiger partial charge is 0.338 e. The molecule has 11 heteroatoms. The highest BCUT2D eigenvalue weighted by molar-refractivity contribution is 7.07. The Balaban J connectivity index is 1.33. The van der Waals surface area contributed by atoms with Gasteiger partial charge in [0, 0.05) is 13.1 Å². The monoisotopic (exact) mass is 575 g/mol. The van der Waals surface area contributed by atoms with Crippen LogP contribution < -0.4 is 29.1 Å². The summed E-state index contributed by atoms with van der Waals surface area (Å²) in [6, 6.07) is 11.9. The highest BCUT2D eigenvalue weighted by atomic mass is 32.1. The van der Waals surface area contributed by atoms with Gasteiger partial charge in [-0.25, -0.2) is 9.79 Å². The molecule has 10 nitrogen and oxygen atoms in total. The van der Waals surface area contributed by atoms with Gasteiger partial charge in [-0.2, -0.15) is 0 Å². The number of carbonyl (C=O) groups is 2. The number of thiazole rings is 1. The summed E-state index contributed by atoms with van der Waals surface area (Å²) >= 11 is 1.25. The molecule has 1 fully saturated rings. The lowest BCUT2D eigenvalue weighted by Gasteiger charge is -2.24. The van der Waals surface area contributed by atoms with Crippen molar-refractivity contribution in [1.29, 1.82) is 0 Å². The third-order valence-electron chi connectivity index (χ3n) is 7.23. The molecule has 0 unspecified atom stereocenters. The summed E-state index contributed by atoms with van der Waals surface area (Å²) in [5, 5.41) is 0. The van der Waals surface area contributed by atoms with Crippen molar-refractivity contribution in [2.45, 2.75) is 32.7 Å². The molecule has 1 amide bonds. The van der Waals surface area contributed by atoms with Gasteiger partial charge in [-0.15, -0.1) is 0 Å². The normalized spacial score (nSPS) is 17.9. The number of aromatic nitrogens is 1.